The summed E-state index contributed by atoms with van der Waals surface area (Å²) in [5.41, 5.74) is 2.14. The summed E-state index contributed by atoms with van der Waals surface area (Å²) in [6, 6.07) is 24.0. The van der Waals surface area contributed by atoms with Crippen LogP contribution in [-0.2, 0) is 0 Å². The SMILES string of the molecule is [2H]c1ccc2c(c1)c1cc([2H])c(Oc3ccc4cccc(O)c4n3)cc1n2-c1ccccn1. The topological polar surface area (TPSA) is 60.2 Å². The molecule has 0 amide bonds. The fourth-order valence-corrected chi connectivity index (χ4v) is 3.90. The van der Waals surface area contributed by atoms with E-state index in [-0.39, 0.29) is 17.7 Å². The highest BCUT2D eigenvalue weighted by molar-refractivity contribution is 6.09. The molecule has 0 saturated carbocycles. The maximum atomic E-state index is 10.1. The summed E-state index contributed by atoms with van der Waals surface area (Å²) in [5, 5.41) is 12.7. The van der Waals surface area contributed by atoms with Crippen LogP contribution in [-0.4, -0.2) is 19.6 Å². The number of phenolic OH excluding ortho intramolecular Hbond substituents is 1. The molecule has 5 heteroatoms. The lowest BCUT2D eigenvalue weighted by Gasteiger charge is -2.09. The molecular weight excluding hydrogens is 386 g/mol. The number of phenols is 1. The predicted molar refractivity (Wildman–Crippen MR) is 122 cm³/mol. The van der Waals surface area contributed by atoms with Crippen molar-refractivity contribution in [1.82, 2.24) is 14.5 Å². The maximum Gasteiger partial charge on any atom is 0.219 e. The third-order valence-electron chi connectivity index (χ3n) is 5.28. The van der Waals surface area contributed by atoms with Gasteiger partial charge < -0.3 is 9.84 Å². The molecule has 31 heavy (non-hydrogen) atoms. The van der Waals surface area contributed by atoms with Gasteiger partial charge in [-0.15, -0.1) is 0 Å². The van der Waals surface area contributed by atoms with Crippen molar-refractivity contribution in [3.63, 3.8) is 0 Å². The summed E-state index contributed by atoms with van der Waals surface area (Å²) in [6.45, 7) is 0. The van der Waals surface area contributed by atoms with Gasteiger partial charge in [0.2, 0.25) is 5.88 Å². The molecule has 0 bridgehead atoms. The molecule has 5 nitrogen and oxygen atoms in total. The van der Waals surface area contributed by atoms with E-state index in [9.17, 15) is 5.11 Å². The Labute approximate surface area is 180 Å². The Kier molecular flexibility index (Phi) is 3.41. The standard InChI is InChI=1S/C26H17N3O2/c30-23-9-5-6-17-11-14-25(28-26(17)23)31-18-12-13-20-19-7-1-2-8-21(19)29(22(20)16-18)24-10-3-4-15-27-24/h1-16,30H/i1D,12D. The summed E-state index contributed by atoms with van der Waals surface area (Å²) in [5.74, 6) is 1.41. The van der Waals surface area contributed by atoms with Crippen molar-refractivity contribution >= 4 is 32.7 Å². The Morgan fingerprint density at radius 1 is 0.871 bits per heavy atom. The molecule has 0 atom stereocenters. The minimum atomic E-state index is 0.0703. The van der Waals surface area contributed by atoms with E-state index in [1.165, 1.54) is 0 Å². The average Bonchev–Trinajstić information content (AvgIpc) is 3.13. The molecule has 6 aromatic rings. The van der Waals surface area contributed by atoms with Crippen LogP contribution in [0.4, 0.5) is 0 Å². The molecule has 148 valence electrons. The molecule has 0 aliphatic heterocycles. The van der Waals surface area contributed by atoms with Gasteiger partial charge in [-0.2, -0.15) is 0 Å². The van der Waals surface area contributed by atoms with Gasteiger partial charge in [0, 0.05) is 34.5 Å². The Balaban J connectivity index is 1.56. The molecule has 0 aliphatic rings. The second-order valence-corrected chi connectivity index (χ2v) is 7.16. The van der Waals surface area contributed by atoms with Crippen LogP contribution in [0.3, 0.4) is 0 Å². The summed E-state index contributed by atoms with van der Waals surface area (Å²) in [6.07, 6.45) is 1.73. The zero-order valence-electron chi connectivity index (χ0n) is 18.3. The Bertz CT molecular complexity index is 1680. The van der Waals surface area contributed by atoms with Crippen molar-refractivity contribution in [2.24, 2.45) is 0 Å². The van der Waals surface area contributed by atoms with Crippen molar-refractivity contribution in [1.29, 1.82) is 0 Å². The van der Waals surface area contributed by atoms with Gasteiger partial charge in [0.05, 0.1) is 13.8 Å². The number of benzene rings is 3. The lowest BCUT2D eigenvalue weighted by atomic mass is 10.1. The van der Waals surface area contributed by atoms with Crippen molar-refractivity contribution < 1.29 is 12.6 Å². The van der Waals surface area contributed by atoms with E-state index < -0.39 is 0 Å². The number of aromatic hydroxyl groups is 1. The number of hydrogen-bond donors (Lipinski definition) is 1. The quantitative estimate of drug-likeness (QED) is 0.379. The predicted octanol–water partition coefficient (Wildman–Crippen LogP) is 6.22. The molecule has 0 aliphatic carbocycles. The van der Waals surface area contributed by atoms with E-state index in [1.54, 1.807) is 48.7 Å². The summed E-state index contributed by atoms with van der Waals surface area (Å²) >= 11 is 0. The van der Waals surface area contributed by atoms with Crippen LogP contribution < -0.4 is 4.74 Å². The molecule has 0 fully saturated rings. The van der Waals surface area contributed by atoms with Crippen molar-refractivity contribution in [3.05, 3.63) is 97.1 Å². The number of pyridine rings is 2. The molecule has 3 heterocycles. The van der Waals surface area contributed by atoms with Crippen LogP contribution in [0.15, 0.2) is 97.1 Å². The molecule has 1 N–H and O–H groups in total. The van der Waals surface area contributed by atoms with Crippen molar-refractivity contribution in [2.75, 3.05) is 0 Å². The Morgan fingerprint density at radius 3 is 2.71 bits per heavy atom. The first-order valence-corrected chi connectivity index (χ1v) is 9.82. The first-order chi connectivity index (χ1) is 16.1. The van der Waals surface area contributed by atoms with Crippen LogP contribution in [0.2, 0.25) is 0 Å². The highest BCUT2D eigenvalue weighted by Gasteiger charge is 2.14. The third-order valence-corrected chi connectivity index (χ3v) is 5.28. The Hall–Kier alpha value is -4.38. The number of hydrogen-bond acceptors (Lipinski definition) is 4. The number of para-hydroxylation sites is 2. The third kappa shape index (κ3) is 2.87. The van der Waals surface area contributed by atoms with E-state index in [1.807, 2.05) is 41.0 Å². The molecule has 3 aromatic heterocycles. The van der Waals surface area contributed by atoms with Crippen LogP contribution in [0, 0.1) is 0 Å². The van der Waals surface area contributed by atoms with Gasteiger partial charge in [-0.05, 0) is 42.4 Å². The van der Waals surface area contributed by atoms with E-state index >= 15 is 0 Å². The smallest absolute Gasteiger partial charge is 0.219 e. The van der Waals surface area contributed by atoms with Gasteiger partial charge in [-0.3, -0.25) is 4.57 Å². The minimum absolute atomic E-state index is 0.0703. The van der Waals surface area contributed by atoms with Crippen LogP contribution >= 0.6 is 0 Å². The maximum absolute atomic E-state index is 10.1. The summed E-state index contributed by atoms with van der Waals surface area (Å²) in [4.78, 5) is 8.94. The first kappa shape index (κ1) is 15.5. The van der Waals surface area contributed by atoms with Crippen LogP contribution in [0.5, 0.6) is 17.4 Å². The Morgan fingerprint density at radius 2 is 1.81 bits per heavy atom. The molecule has 0 spiro atoms. The molecule has 0 unspecified atom stereocenters. The molecule has 0 saturated heterocycles. The second-order valence-electron chi connectivity index (χ2n) is 7.16. The molecule has 3 aromatic carbocycles. The highest BCUT2D eigenvalue weighted by Crippen LogP contribution is 2.35. The van der Waals surface area contributed by atoms with Crippen LogP contribution in [0.25, 0.3) is 38.5 Å². The number of ether oxygens (including phenoxy) is 1. The van der Waals surface area contributed by atoms with E-state index in [0.717, 1.165) is 33.0 Å². The lowest BCUT2D eigenvalue weighted by Crippen LogP contribution is -1.96. The van der Waals surface area contributed by atoms with Gasteiger partial charge in [0.1, 0.15) is 22.8 Å². The fourth-order valence-electron chi connectivity index (χ4n) is 3.90. The van der Waals surface area contributed by atoms with E-state index in [2.05, 4.69) is 9.97 Å². The van der Waals surface area contributed by atoms with Gasteiger partial charge in [-0.25, -0.2) is 9.97 Å². The van der Waals surface area contributed by atoms with Crippen LogP contribution in [0.1, 0.15) is 2.74 Å². The monoisotopic (exact) mass is 405 g/mol. The normalized spacial score (nSPS) is 12.3. The summed E-state index contributed by atoms with van der Waals surface area (Å²) in [7, 11) is 0. The lowest BCUT2D eigenvalue weighted by molar-refractivity contribution is 0.460. The van der Waals surface area contributed by atoms with Crippen molar-refractivity contribution in [3.8, 4) is 23.2 Å². The molecule has 6 rings (SSSR count). The second kappa shape index (κ2) is 6.85. The molecule has 0 radical (unpaired) electrons. The van der Waals surface area contributed by atoms with Gasteiger partial charge in [0.25, 0.3) is 0 Å². The van der Waals surface area contributed by atoms with E-state index in [0.29, 0.717) is 17.3 Å². The number of nitrogens with zero attached hydrogens (tertiary/aromatic N) is 3. The van der Waals surface area contributed by atoms with Gasteiger partial charge >= 0.3 is 0 Å². The largest absolute Gasteiger partial charge is 0.506 e. The zero-order valence-corrected chi connectivity index (χ0v) is 16.3. The minimum Gasteiger partial charge on any atom is -0.506 e. The zero-order chi connectivity index (χ0) is 22.5. The fraction of sp³-hybridized carbons (Fsp3) is 0. The average molecular weight is 405 g/mol. The van der Waals surface area contributed by atoms with E-state index in [4.69, 9.17) is 7.48 Å². The highest BCUT2D eigenvalue weighted by atomic mass is 16.5. The van der Waals surface area contributed by atoms with Gasteiger partial charge in [0.15, 0.2) is 0 Å². The number of rotatable bonds is 3. The summed E-state index contributed by atoms with van der Waals surface area (Å²) < 4.78 is 24.7. The first-order valence-electron chi connectivity index (χ1n) is 10.8. The van der Waals surface area contributed by atoms with Gasteiger partial charge in [-0.1, -0.05) is 36.4 Å². The number of fused-ring (bicyclic) bond motifs is 4. The molecular formula is C26H17N3O2. The van der Waals surface area contributed by atoms with Crippen molar-refractivity contribution in [2.45, 2.75) is 0 Å². The number of aromatic nitrogens is 3.